The summed E-state index contributed by atoms with van der Waals surface area (Å²) in [5.74, 6) is -0.208. The van der Waals surface area contributed by atoms with Gasteiger partial charge in [0.1, 0.15) is 11.4 Å². The van der Waals surface area contributed by atoms with Crippen molar-refractivity contribution in [2.75, 3.05) is 19.6 Å². The molecule has 22 heavy (non-hydrogen) atoms. The fourth-order valence-corrected chi connectivity index (χ4v) is 2.49. The van der Waals surface area contributed by atoms with Crippen molar-refractivity contribution in [2.24, 2.45) is 0 Å². The van der Waals surface area contributed by atoms with Crippen LogP contribution in [-0.2, 0) is 11.2 Å². The van der Waals surface area contributed by atoms with E-state index in [9.17, 15) is 9.18 Å². The zero-order chi connectivity index (χ0) is 16.2. The summed E-state index contributed by atoms with van der Waals surface area (Å²) in [7, 11) is 0. The van der Waals surface area contributed by atoms with Gasteiger partial charge in [0.25, 0.3) is 0 Å². The second-order valence-corrected chi connectivity index (χ2v) is 6.74. The molecule has 1 aliphatic heterocycles. The van der Waals surface area contributed by atoms with E-state index in [4.69, 9.17) is 4.74 Å². The predicted octanol–water partition coefficient (Wildman–Crippen LogP) is 2.97. The summed E-state index contributed by atoms with van der Waals surface area (Å²) in [4.78, 5) is 13.7. The topological polar surface area (TPSA) is 41.6 Å². The van der Waals surface area contributed by atoms with E-state index in [1.165, 1.54) is 12.1 Å². The fraction of sp³-hybridized carbons (Fsp3) is 0.588. The van der Waals surface area contributed by atoms with Crippen LogP contribution in [0, 0.1) is 5.82 Å². The van der Waals surface area contributed by atoms with Crippen LogP contribution in [0.15, 0.2) is 24.3 Å². The van der Waals surface area contributed by atoms with E-state index >= 15 is 0 Å². The van der Waals surface area contributed by atoms with Crippen molar-refractivity contribution >= 4 is 6.09 Å². The lowest BCUT2D eigenvalue weighted by Crippen LogP contribution is -2.38. The third kappa shape index (κ3) is 5.30. The minimum Gasteiger partial charge on any atom is -0.444 e. The van der Waals surface area contributed by atoms with Gasteiger partial charge < -0.3 is 15.0 Å². The zero-order valence-corrected chi connectivity index (χ0v) is 13.6. The Balaban J connectivity index is 1.70. The lowest BCUT2D eigenvalue weighted by Gasteiger charge is -2.24. The molecule has 2 rings (SSSR count). The number of amides is 1. The summed E-state index contributed by atoms with van der Waals surface area (Å²) < 4.78 is 18.2. The Morgan fingerprint density at radius 3 is 2.68 bits per heavy atom. The SMILES string of the molecule is CC(C)(C)OC(=O)N1CCC(NCCc2ccc(F)cc2)C1. The summed E-state index contributed by atoms with van der Waals surface area (Å²) in [6, 6.07) is 6.87. The van der Waals surface area contributed by atoms with Gasteiger partial charge in [0.2, 0.25) is 0 Å². The smallest absolute Gasteiger partial charge is 0.410 e. The van der Waals surface area contributed by atoms with Crippen LogP contribution >= 0.6 is 0 Å². The summed E-state index contributed by atoms with van der Waals surface area (Å²) in [5.41, 5.74) is 0.654. The van der Waals surface area contributed by atoms with Crippen molar-refractivity contribution in [3.05, 3.63) is 35.6 Å². The van der Waals surface area contributed by atoms with Crippen LogP contribution in [-0.4, -0.2) is 42.3 Å². The molecule has 4 nitrogen and oxygen atoms in total. The molecule has 1 aliphatic rings. The van der Waals surface area contributed by atoms with Crippen molar-refractivity contribution in [1.82, 2.24) is 10.2 Å². The Morgan fingerprint density at radius 2 is 2.05 bits per heavy atom. The third-order valence-electron chi connectivity index (χ3n) is 3.60. The largest absolute Gasteiger partial charge is 0.444 e. The van der Waals surface area contributed by atoms with Crippen molar-refractivity contribution in [2.45, 2.75) is 45.3 Å². The number of ether oxygens (including phenoxy) is 1. The van der Waals surface area contributed by atoms with Crippen LogP contribution in [0.2, 0.25) is 0 Å². The summed E-state index contributed by atoms with van der Waals surface area (Å²) in [6.45, 7) is 7.85. The fourth-order valence-electron chi connectivity index (χ4n) is 2.49. The molecule has 1 aromatic rings. The number of benzene rings is 1. The minimum atomic E-state index is -0.453. The first-order valence-corrected chi connectivity index (χ1v) is 7.79. The van der Waals surface area contributed by atoms with Crippen molar-refractivity contribution in [1.29, 1.82) is 0 Å². The maximum atomic E-state index is 12.8. The molecule has 0 spiro atoms. The summed E-state index contributed by atoms with van der Waals surface area (Å²) in [5, 5.41) is 3.45. The monoisotopic (exact) mass is 308 g/mol. The quantitative estimate of drug-likeness (QED) is 0.930. The Bertz CT molecular complexity index is 496. The van der Waals surface area contributed by atoms with Gasteiger partial charge in [-0.3, -0.25) is 0 Å². The molecular weight excluding hydrogens is 283 g/mol. The van der Waals surface area contributed by atoms with Crippen LogP contribution in [0.5, 0.6) is 0 Å². The average Bonchev–Trinajstić information content (AvgIpc) is 2.88. The van der Waals surface area contributed by atoms with E-state index in [1.807, 2.05) is 20.8 Å². The number of carbonyl (C=O) groups is 1. The van der Waals surface area contributed by atoms with Gasteiger partial charge in [-0.05, 0) is 57.9 Å². The molecule has 1 N–H and O–H groups in total. The first kappa shape index (κ1) is 16.7. The molecule has 0 aromatic heterocycles. The second kappa shape index (κ2) is 7.09. The van der Waals surface area contributed by atoms with Crippen molar-refractivity contribution in [3.63, 3.8) is 0 Å². The van der Waals surface area contributed by atoms with E-state index in [0.717, 1.165) is 31.5 Å². The normalized spacial score (nSPS) is 18.5. The maximum Gasteiger partial charge on any atom is 0.410 e. The standard InChI is InChI=1S/C17H25FN2O2/c1-17(2,3)22-16(21)20-11-9-15(12-20)19-10-8-13-4-6-14(18)7-5-13/h4-7,15,19H,8-12H2,1-3H3. The minimum absolute atomic E-state index is 0.208. The molecule has 0 radical (unpaired) electrons. The molecule has 1 amide bonds. The second-order valence-electron chi connectivity index (χ2n) is 6.74. The van der Waals surface area contributed by atoms with E-state index in [1.54, 1.807) is 17.0 Å². The molecular formula is C17H25FN2O2. The Morgan fingerprint density at radius 1 is 1.36 bits per heavy atom. The van der Waals surface area contributed by atoms with Gasteiger partial charge in [0, 0.05) is 19.1 Å². The van der Waals surface area contributed by atoms with Gasteiger partial charge >= 0.3 is 6.09 Å². The predicted molar refractivity (Wildman–Crippen MR) is 84.3 cm³/mol. The molecule has 0 bridgehead atoms. The van der Waals surface area contributed by atoms with E-state index in [0.29, 0.717) is 12.6 Å². The van der Waals surface area contributed by atoms with Crippen LogP contribution in [0.25, 0.3) is 0 Å². The highest BCUT2D eigenvalue weighted by atomic mass is 19.1. The molecule has 1 fully saturated rings. The number of rotatable bonds is 4. The van der Waals surface area contributed by atoms with Gasteiger partial charge in [-0.25, -0.2) is 9.18 Å². The molecule has 1 heterocycles. The summed E-state index contributed by atoms with van der Waals surface area (Å²) in [6.07, 6.45) is 1.54. The molecule has 1 saturated heterocycles. The van der Waals surface area contributed by atoms with Gasteiger partial charge in [-0.1, -0.05) is 12.1 Å². The highest BCUT2D eigenvalue weighted by Crippen LogP contribution is 2.15. The molecule has 122 valence electrons. The van der Waals surface area contributed by atoms with Crippen LogP contribution < -0.4 is 5.32 Å². The Hall–Kier alpha value is -1.62. The number of likely N-dealkylation sites (tertiary alicyclic amines) is 1. The Labute approximate surface area is 131 Å². The number of hydrogen-bond acceptors (Lipinski definition) is 3. The van der Waals surface area contributed by atoms with Gasteiger partial charge in [-0.15, -0.1) is 0 Å². The molecule has 5 heteroatoms. The average molecular weight is 308 g/mol. The van der Waals surface area contributed by atoms with Gasteiger partial charge in [-0.2, -0.15) is 0 Å². The van der Waals surface area contributed by atoms with Crippen LogP contribution in [0.4, 0.5) is 9.18 Å². The van der Waals surface area contributed by atoms with Crippen molar-refractivity contribution < 1.29 is 13.9 Å². The van der Waals surface area contributed by atoms with Crippen molar-refractivity contribution in [3.8, 4) is 0 Å². The lowest BCUT2D eigenvalue weighted by molar-refractivity contribution is 0.0291. The number of hydrogen-bond donors (Lipinski definition) is 1. The number of nitrogens with one attached hydrogen (secondary N) is 1. The number of halogens is 1. The van der Waals surface area contributed by atoms with Crippen LogP contribution in [0.3, 0.4) is 0 Å². The first-order valence-electron chi connectivity index (χ1n) is 7.79. The van der Waals surface area contributed by atoms with Gasteiger partial charge in [0.15, 0.2) is 0 Å². The first-order chi connectivity index (χ1) is 10.3. The highest BCUT2D eigenvalue weighted by molar-refractivity contribution is 5.68. The number of carbonyl (C=O) groups excluding carboxylic acids is 1. The van der Waals surface area contributed by atoms with E-state index in [2.05, 4.69) is 5.32 Å². The lowest BCUT2D eigenvalue weighted by atomic mass is 10.1. The summed E-state index contributed by atoms with van der Waals surface area (Å²) >= 11 is 0. The molecule has 1 aromatic carbocycles. The van der Waals surface area contributed by atoms with Crippen LogP contribution in [0.1, 0.15) is 32.8 Å². The van der Waals surface area contributed by atoms with E-state index < -0.39 is 5.60 Å². The Kier molecular flexibility index (Phi) is 5.40. The highest BCUT2D eigenvalue weighted by Gasteiger charge is 2.29. The molecule has 1 atom stereocenters. The molecule has 0 aliphatic carbocycles. The van der Waals surface area contributed by atoms with E-state index in [-0.39, 0.29) is 11.9 Å². The zero-order valence-electron chi connectivity index (χ0n) is 13.6. The third-order valence-corrected chi connectivity index (χ3v) is 3.60. The number of nitrogens with zero attached hydrogens (tertiary/aromatic N) is 1. The maximum absolute atomic E-state index is 12.8. The molecule has 0 saturated carbocycles. The molecule has 1 unspecified atom stereocenters. The van der Waals surface area contributed by atoms with Gasteiger partial charge in [0.05, 0.1) is 0 Å².